The minimum Gasteiger partial charge on any atom is -0.508 e. The van der Waals surface area contributed by atoms with Crippen LogP contribution in [-0.4, -0.2) is 65.1 Å². The summed E-state index contributed by atoms with van der Waals surface area (Å²) in [6.07, 6.45) is 4.78. The number of amides is 2. The van der Waals surface area contributed by atoms with E-state index in [2.05, 4.69) is 0 Å². The Morgan fingerprint density at radius 3 is 2.85 bits per heavy atom. The first kappa shape index (κ1) is 17.3. The third-order valence-corrected chi connectivity index (χ3v) is 5.87. The molecular formula is C20H26N2O4. The molecule has 0 aromatic heterocycles. The molecule has 2 amide bonds. The summed E-state index contributed by atoms with van der Waals surface area (Å²) in [5.41, 5.74) is 0.298. The molecule has 1 spiro atoms. The molecule has 1 aromatic rings. The lowest BCUT2D eigenvalue weighted by Crippen LogP contribution is -2.66. The van der Waals surface area contributed by atoms with Crippen LogP contribution >= 0.6 is 0 Å². The summed E-state index contributed by atoms with van der Waals surface area (Å²) in [4.78, 5) is 28.2. The van der Waals surface area contributed by atoms with Gasteiger partial charge in [-0.2, -0.15) is 0 Å². The molecule has 3 aliphatic rings. The number of benzene rings is 1. The molecule has 26 heavy (non-hydrogen) atoms. The Morgan fingerprint density at radius 1 is 1.31 bits per heavy atom. The smallest absolute Gasteiger partial charge is 0.254 e. The maximum atomic E-state index is 12.5. The van der Waals surface area contributed by atoms with Crippen molar-refractivity contribution in [2.75, 3.05) is 32.8 Å². The molecular weight excluding hydrogens is 332 g/mol. The van der Waals surface area contributed by atoms with Crippen LogP contribution in [0, 0.1) is 5.92 Å². The standard InChI is InChI=1S/C20H26N2O4/c23-17-5-3-4-16(10-17)19(25)22-13-20(14-22)8-7-15(12-26-20)11-21-9-2-1-6-18(21)24/h3-5,10,15,23H,1-2,6-9,11-14H2/t15-/m0/s1. The molecule has 1 N–H and O–H groups in total. The van der Waals surface area contributed by atoms with Crippen molar-refractivity contribution in [1.29, 1.82) is 0 Å². The van der Waals surface area contributed by atoms with Crippen molar-refractivity contribution in [3.8, 4) is 5.75 Å². The number of aromatic hydroxyl groups is 1. The van der Waals surface area contributed by atoms with Crippen molar-refractivity contribution < 1.29 is 19.4 Å². The number of phenols is 1. The van der Waals surface area contributed by atoms with E-state index in [0.717, 1.165) is 38.8 Å². The zero-order valence-corrected chi connectivity index (χ0v) is 15.0. The number of rotatable bonds is 3. The molecule has 0 saturated carbocycles. The molecule has 0 radical (unpaired) electrons. The number of carbonyl (C=O) groups excluding carboxylic acids is 2. The zero-order valence-electron chi connectivity index (χ0n) is 15.0. The van der Waals surface area contributed by atoms with E-state index in [9.17, 15) is 14.7 Å². The van der Waals surface area contributed by atoms with Gasteiger partial charge in [-0.25, -0.2) is 0 Å². The lowest BCUT2D eigenvalue weighted by atomic mass is 9.82. The second-order valence-corrected chi connectivity index (χ2v) is 7.91. The van der Waals surface area contributed by atoms with E-state index in [1.54, 1.807) is 23.1 Å². The average molecular weight is 358 g/mol. The van der Waals surface area contributed by atoms with Crippen molar-refractivity contribution in [1.82, 2.24) is 9.80 Å². The minimum absolute atomic E-state index is 0.0591. The SMILES string of the molecule is O=C1CCCCN1C[C@@H]1CCC2(CN(C(=O)c3cccc(O)c3)C2)OC1. The van der Waals surface area contributed by atoms with E-state index in [1.165, 1.54) is 6.07 Å². The summed E-state index contributed by atoms with van der Waals surface area (Å²) in [5, 5.41) is 9.54. The van der Waals surface area contributed by atoms with Crippen LogP contribution in [0.5, 0.6) is 5.75 Å². The minimum atomic E-state index is -0.213. The van der Waals surface area contributed by atoms with Gasteiger partial charge in [0.1, 0.15) is 11.4 Å². The number of hydrogen-bond acceptors (Lipinski definition) is 4. The fraction of sp³-hybridized carbons (Fsp3) is 0.600. The highest BCUT2D eigenvalue weighted by atomic mass is 16.5. The van der Waals surface area contributed by atoms with E-state index in [-0.39, 0.29) is 23.2 Å². The van der Waals surface area contributed by atoms with Crippen molar-refractivity contribution in [3.05, 3.63) is 29.8 Å². The number of hydrogen-bond donors (Lipinski definition) is 1. The van der Waals surface area contributed by atoms with Crippen molar-refractivity contribution in [2.45, 2.75) is 37.7 Å². The number of nitrogens with zero attached hydrogens (tertiary/aromatic N) is 2. The molecule has 4 rings (SSSR count). The number of phenolic OH excluding ortho intramolecular Hbond substituents is 1. The maximum Gasteiger partial charge on any atom is 0.254 e. The summed E-state index contributed by atoms with van der Waals surface area (Å²) < 4.78 is 6.15. The quantitative estimate of drug-likeness (QED) is 0.898. The van der Waals surface area contributed by atoms with Gasteiger partial charge in [0.25, 0.3) is 5.91 Å². The Labute approximate surface area is 153 Å². The summed E-state index contributed by atoms with van der Waals surface area (Å²) in [6.45, 7) is 3.57. The largest absolute Gasteiger partial charge is 0.508 e. The fourth-order valence-corrected chi connectivity index (χ4v) is 4.29. The Hall–Kier alpha value is -2.08. The predicted molar refractivity (Wildman–Crippen MR) is 95.8 cm³/mol. The van der Waals surface area contributed by atoms with Crippen LogP contribution in [0.4, 0.5) is 0 Å². The zero-order chi connectivity index (χ0) is 18.1. The van der Waals surface area contributed by atoms with Crippen LogP contribution in [0.15, 0.2) is 24.3 Å². The van der Waals surface area contributed by atoms with Gasteiger partial charge in [-0.15, -0.1) is 0 Å². The first-order valence-corrected chi connectivity index (χ1v) is 9.55. The highest BCUT2D eigenvalue weighted by Crippen LogP contribution is 2.37. The van der Waals surface area contributed by atoms with Crippen LogP contribution in [0.3, 0.4) is 0 Å². The summed E-state index contributed by atoms with van der Waals surface area (Å²) in [5.74, 6) is 0.729. The number of likely N-dealkylation sites (tertiary alicyclic amines) is 2. The molecule has 3 aliphatic heterocycles. The summed E-state index contributed by atoms with van der Waals surface area (Å²) in [6, 6.07) is 6.47. The van der Waals surface area contributed by atoms with Gasteiger partial charge in [-0.05, 0) is 43.9 Å². The Balaban J connectivity index is 1.27. The van der Waals surface area contributed by atoms with Gasteiger partial charge in [-0.1, -0.05) is 6.07 Å². The van der Waals surface area contributed by atoms with Crippen LogP contribution in [0.25, 0.3) is 0 Å². The van der Waals surface area contributed by atoms with Gasteiger partial charge in [0, 0.05) is 31.0 Å². The van der Waals surface area contributed by atoms with E-state index in [4.69, 9.17) is 4.74 Å². The van der Waals surface area contributed by atoms with Crippen molar-refractivity contribution in [2.24, 2.45) is 5.92 Å². The molecule has 6 nitrogen and oxygen atoms in total. The number of ether oxygens (including phenoxy) is 1. The fourth-order valence-electron chi connectivity index (χ4n) is 4.29. The van der Waals surface area contributed by atoms with Gasteiger partial charge in [0.2, 0.25) is 5.91 Å². The predicted octanol–water partition coefficient (Wildman–Crippen LogP) is 2.03. The molecule has 140 valence electrons. The van der Waals surface area contributed by atoms with E-state index < -0.39 is 0 Å². The lowest BCUT2D eigenvalue weighted by molar-refractivity contribution is -0.170. The number of carbonyl (C=O) groups is 2. The van der Waals surface area contributed by atoms with E-state index in [0.29, 0.717) is 37.6 Å². The van der Waals surface area contributed by atoms with Gasteiger partial charge >= 0.3 is 0 Å². The molecule has 1 aromatic carbocycles. The van der Waals surface area contributed by atoms with Crippen LogP contribution in [-0.2, 0) is 9.53 Å². The first-order valence-electron chi connectivity index (χ1n) is 9.55. The molecule has 0 bridgehead atoms. The van der Waals surface area contributed by atoms with Crippen LogP contribution in [0.1, 0.15) is 42.5 Å². The molecule has 6 heteroatoms. The Morgan fingerprint density at radius 2 is 2.15 bits per heavy atom. The first-order chi connectivity index (χ1) is 12.5. The molecule has 1 atom stereocenters. The lowest BCUT2D eigenvalue weighted by Gasteiger charge is -2.53. The van der Waals surface area contributed by atoms with Gasteiger partial charge in [0.05, 0.1) is 19.7 Å². The monoisotopic (exact) mass is 358 g/mol. The topological polar surface area (TPSA) is 70.1 Å². The Bertz CT molecular complexity index is 689. The van der Waals surface area contributed by atoms with E-state index >= 15 is 0 Å². The van der Waals surface area contributed by atoms with Crippen molar-refractivity contribution >= 4 is 11.8 Å². The van der Waals surface area contributed by atoms with E-state index in [1.807, 2.05) is 4.90 Å². The molecule has 3 heterocycles. The second-order valence-electron chi connectivity index (χ2n) is 7.91. The average Bonchev–Trinajstić information content (AvgIpc) is 2.62. The van der Waals surface area contributed by atoms with Crippen LogP contribution in [0.2, 0.25) is 0 Å². The molecule has 3 saturated heterocycles. The summed E-state index contributed by atoms with van der Waals surface area (Å²) in [7, 11) is 0. The highest BCUT2D eigenvalue weighted by Gasteiger charge is 2.48. The molecule has 0 unspecified atom stereocenters. The molecule has 0 aliphatic carbocycles. The van der Waals surface area contributed by atoms with Crippen molar-refractivity contribution in [3.63, 3.8) is 0 Å². The number of piperidine rings is 1. The third kappa shape index (κ3) is 3.43. The Kier molecular flexibility index (Phi) is 4.61. The third-order valence-electron chi connectivity index (χ3n) is 5.87. The second kappa shape index (κ2) is 6.91. The van der Waals surface area contributed by atoms with Gasteiger partial charge in [-0.3, -0.25) is 9.59 Å². The van der Waals surface area contributed by atoms with Gasteiger partial charge in [0.15, 0.2) is 0 Å². The van der Waals surface area contributed by atoms with Crippen LogP contribution < -0.4 is 0 Å². The normalized spacial score (nSPS) is 25.2. The summed E-state index contributed by atoms with van der Waals surface area (Å²) >= 11 is 0. The van der Waals surface area contributed by atoms with Gasteiger partial charge < -0.3 is 19.6 Å². The highest BCUT2D eigenvalue weighted by molar-refractivity contribution is 5.95. The molecule has 3 fully saturated rings. The maximum absolute atomic E-state index is 12.5.